The number of carbonyl (C=O) groups is 1. The summed E-state index contributed by atoms with van der Waals surface area (Å²) in [7, 11) is 1.57. The van der Waals surface area contributed by atoms with Crippen molar-refractivity contribution in [1.29, 1.82) is 5.26 Å². The predicted molar refractivity (Wildman–Crippen MR) is 78.0 cm³/mol. The zero-order valence-corrected chi connectivity index (χ0v) is 12.4. The smallest absolute Gasteiger partial charge is 0.265 e. The van der Waals surface area contributed by atoms with E-state index in [4.69, 9.17) is 10.00 Å². The largest absolute Gasteiger partial charge is 0.495 e. The first-order valence-electron chi connectivity index (χ1n) is 6.73. The molecule has 1 fully saturated rings. The summed E-state index contributed by atoms with van der Waals surface area (Å²) in [6.07, 6.45) is 2.06. The Bertz CT molecular complexity index is 487. The van der Waals surface area contributed by atoms with E-state index >= 15 is 0 Å². The number of nitrogens with zero attached hydrogens (tertiary/aromatic N) is 2. The average molecular weight is 293 g/mol. The fraction of sp³-hybridized carbons (Fsp3) is 0.571. The van der Waals surface area contributed by atoms with Crippen LogP contribution in [0.4, 0.5) is 0 Å². The third kappa shape index (κ3) is 3.71. The molecule has 1 amide bonds. The second kappa shape index (κ2) is 7.27. The fourth-order valence-corrected chi connectivity index (χ4v) is 3.16. The van der Waals surface area contributed by atoms with Crippen LogP contribution in [0.1, 0.15) is 22.5 Å². The number of thiophene rings is 1. The number of hydrogen-bond donors (Lipinski definition) is 1. The van der Waals surface area contributed by atoms with Crippen LogP contribution >= 0.6 is 11.3 Å². The van der Waals surface area contributed by atoms with Crippen LogP contribution in [-0.4, -0.2) is 44.1 Å². The molecule has 0 bridgehead atoms. The molecule has 108 valence electrons. The lowest BCUT2D eigenvalue weighted by molar-refractivity contribution is 0.0939. The standard InChI is InChI=1S/C14H19N3O2S/c1-19-12-4-9-20-13(12)14(18)16-10-11-2-6-17(7-3-11)8-5-15/h4,9,11H,2-3,6-8,10H2,1H3,(H,16,18). The molecule has 20 heavy (non-hydrogen) atoms. The minimum absolute atomic E-state index is 0.0590. The van der Waals surface area contributed by atoms with Gasteiger partial charge < -0.3 is 10.1 Å². The maximum Gasteiger partial charge on any atom is 0.265 e. The quantitative estimate of drug-likeness (QED) is 0.840. The van der Waals surface area contributed by atoms with Gasteiger partial charge in [-0.1, -0.05) is 0 Å². The van der Waals surface area contributed by atoms with Crippen molar-refractivity contribution in [3.63, 3.8) is 0 Å². The van der Waals surface area contributed by atoms with E-state index < -0.39 is 0 Å². The molecule has 0 unspecified atom stereocenters. The normalized spacial score (nSPS) is 16.6. The van der Waals surface area contributed by atoms with Crippen molar-refractivity contribution in [1.82, 2.24) is 10.2 Å². The number of likely N-dealkylation sites (tertiary alicyclic amines) is 1. The third-order valence-electron chi connectivity index (χ3n) is 3.61. The van der Waals surface area contributed by atoms with E-state index in [-0.39, 0.29) is 5.91 Å². The molecule has 1 aromatic rings. The minimum Gasteiger partial charge on any atom is -0.495 e. The molecule has 0 aliphatic carbocycles. The summed E-state index contributed by atoms with van der Waals surface area (Å²) in [5.41, 5.74) is 0. The molecule has 2 heterocycles. The average Bonchev–Trinajstić information content (AvgIpc) is 2.95. The summed E-state index contributed by atoms with van der Waals surface area (Å²) in [4.78, 5) is 14.8. The Balaban J connectivity index is 1.76. The molecule has 0 atom stereocenters. The lowest BCUT2D eigenvalue weighted by atomic mass is 9.97. The second-order valence-electron chi connectivity index (χ2n) is 4.91. The Hall–Kier alpha value is -1.58. The first-order valence-corrected chi connectivity index (χ1v) is 7.61. The van der Waals surface area contributed by atoms with Gasteiger partial charge in [-0.3, -0.25) is 9.69 Å². The summed E-state index contributed by atoms with van der Waals surface area (Å²) in [6, 6.07) is 3.98. The summed E-state index contributed by atoms with van der Waals surface area (Å²) in [5.74, 6) is 1.08. The first-order chi connectivity index (χ1) is 9.74. The van der Waals surface area contributed by atoms with E-state index in [1.807, 2.05) is 5.38 Å². The van der Waals surface area contributed by atoms with Gasteiger partial charge in [0.1, 0.15) is 10.6 Å². The Morgan fingerprint density at radius 2 is 2.35 bits per heavy atom. The molecule has 1 aromatic heterocycles. The Morgan fingerprint density at radius 1 is 1.60 bits per heavy atom. The number of amides is 1. The van der Waals surface area contributed by atoms with Gasteiger partial charge in [-0.2, -0.15) is 5.26 Å². The molecular formula is C14H19N3O2S. The molecule has 0 aromatic carbocycles. The van der Waals surface area contributed by atoms with E-state index in [9.17, 15) is 4.79 Å². The topological polar surface area (TPSA) is 65.4 Å². The van der Waals surface area contributed by atoms with Crippen LogP contribution in [0.5, 0.6) is 5.75 Å². The van der Waals surface area contributed by atoms with Gasteiger partial charge in [-0.25, -0.2) is 0 Å². The first kappa shape index (κ1) is 14.8. The van der Waals surface area contributed by atoms with Gasteiger partial charge in [-0.05, 0) is 43.3 Å². The number of ether oxygens (including phenoxy) is 1. The van der Waals surface area contributed by atoms with Gasteiger partial charge in [0.25, 0.3) is 5.91 Å². The maximum absolute atomic E-state index is 12.1. The van der Waals surface area contributed by atoms with E-state index in [2.05, 4.69) is 16.3 Å². The van der Waals surface area contributed by atoms with Gasteiger partial charge in [-0.15, -0.1) is 11.3 Å². The molecule has 0 radical (unpaired) electrons. The monoisotopic (exact) mass is 293 g/mol. The molecule has 1 aliphatic heterocycles. The fourth-order valence-electron chi connectivity index (χ4n) is 2.39. The molecule has 1 aliphatic rings. The maximum atomic E-state index is 12.1. The SMILES string of the molecule is COc1ccsc1C(=O)NCC1CCN(CC#N)CC1. The zero-order valence-electron chi connectivity index (χ0n) is 11.6. The van der Waals surface area contributed by atoms with Gasteiger partial charge in [0, 0.05) is 6.54 Å². The predicted octanol–water partition coefficient (Wildman–Crippen LogP) is 1.72. The van der Waals surface area contributed by atoms with Gasteiger partial charge in [0.2, 0.25) is 0 Å². The molecule has 6 heteroatoms. The van der Waals surface area contributed by atoms with Crippen LogP contribution in [0.15, 0.2) is 11.4 Å². The van der Waals surface area contributed by atoms with E-state index in [0.29, 0.717) is 29.6 Å². The highest BCUT2D eigenvalue weighted by atomic mass is 32.1. The van der Waals surface area contributed by atoms with E-state index in [1.54, 1.807) is 13.2 Å². The van der Waals surface area contributed by atoms with Crippen LogP contribution in [0, 0.1) is 17.2 Å². The van der Waals surface area contributed by atoms with E-state index in [1.165, 1.54) is 11.3 Å². The Labute approximate surface area is 123 Å². The minimum atomic E-state index is -0.0590. The summed E-state index contributed by atoms with van der Waals surface area (Å²) >= 11 is 1.39. The number of rotatable bonds is 5. The van der Waals surface area contributed by atoms with Crippen LogP contribution in [0.25, 0.3) is 0 Å². The van der Waals surface area contributed by atoms with Crippen molar-refractivity contribution in [3.8, 4) is 11.8 Å². The molecule has 2 rings (SSSR count). The number of nitriles is 1. The van der Waals surface area contributed by atoms with Crippen LogP contribution in [0.3, 0.4) is 0 Å². The molecule has 0 spiro atoms. The number of piperidine rings is 1. The van der Waals surface area contributed by atoms with Crippen molar-refractivity contribution in [3.05, 3.63) is 16.3 Å². The van der Waals surface area contributed by atoms with Gasteiger partial charge in [0.15, 0.2) is 0 Å². The van der Waals surface area contributed by atoms with Crippen LogP contribution in [0.2, 0.25) is 0 Å². The highest BCUT2D eigenvalue weighted by Gasteiger charge is 2.20. The second-order valence-corrected chi connectivity index (χ2v) is 5.82. The van der Waals surface area contributed by atoms with Crippen molar-refractivity contribution < 1.29 is 9.53 Å². The molecule has 1 N–H and O–H groups in total. The number of nitrogens with one attached hydrogen (secondary N) is 1. The molecule has 0 saturated carbocycles. The zero-order chi connectivity index (χ0) is 14.4. The molecule has 1 saturated heterocycles. The molecular weight excluding hydrogens is 274 g/mol. The Morgan fingerprint density at radius 3 is 3.00 bits per heavy atom. The number of carbonyl (C=O) groups excluding carboxylic acids is 1. The number of methoxy groups -OCH3 is 1. The summed E-state index contributed by atoms with van der Waals surface area (Å²) in [6.45, 7) is 3.08. The van der Waals surface area contributed by atoms with Crippen molar-refractivity contribution >= 4 is 17.2 Å². The molecule has 5 nitrogen and oxygen atoms in total. The van der Waals surface area contributed by atoms with Crippen LogP contribution in [-0.2, 0) is 0 Å². The van der Waals surface area contributed by atoms with Crippen molar-refractivity contribution in [2.75, 3.05) is 33.3 Å². The van der Waals surface area contributed by atoms with Crippen molar-refractivity contribution in [2.45, 2.75) is 12.8 Å². The third-order valence-corrected chi connectivity index (χ3v) is 4.50. The highest BCUT2D eigenvalue weighted by Crippen LogP contribution is 2.24. The summed E-state index contributed by atoms with van der Waals surface area (Å²) < 4.78 is 5.15. The lowest BCUT2D eigenvalue weighted by Crippen LogP contribution is -2.38. The Kier molecular flexibility index (Phi) is 5.39. The van der Waals surface area contributed by atoms with Crippen LogP contribution < -0.4 is 10.1 Å². The summed E-state index contributed by atoms with van der Waals surface area (Å²) in [5, 5.41) is 13.5. The van der Waals surface area contributed by atoms with Crippen molar-refractivity contribution in [2.24, 2.45) is 5.92 Å². The van der Waals surface area contributed by atoms with E-state index in [0.717, 1.165) is 25.9 Å². The highest BCUT2D eigenvalue weighted by molar-refractivity contribution is 7.12. The van der Waals surface area contributed by atoms with Gasteiger partial charge in [0.05, 0.1) is 19.7 Å². The van der Waals surface area contributed by atoms with Gasteiger partial charge >= 0.3 is 0 Å². The lowest BCUT2D eigenvalue weighted by Gasteiger charge is -2.30. The number of hydrogen-bond acceptors (Lipinski definition) is 5.